The molecule has 1 atom stereocenters. The summed E-state index contributed by atoms with van der Waals surface area (Å²) in [4.78, 5) is 12.7. The molecular weight excluding hydrogens is 378 g/mol. The monoisotopic (exact) mass is 398 g/mol. The second-order valence-corrected chi connectivity index (χ2v) is 8.58. The molecule has 2 N–H and O–H groups in total. The first kappa shape index (κ1) is 21.2. The summed E-state index contributed by atoms with van der Waals surface area (Å²) in [6.45, 7) is 2.46. The summed E-state index contributed by atoms with van der Waals surface area (Å²) in [5, 5.41) is 5.86. The highest BCUT2D eigenvalue weighted by molar-refractivity contribution is 7.92. The van der Waals surface area contributed by atoms with E-state index in [1.807, 2.05) is 0 Å². The van der Waals surface area contributed by atoms with E-state index in [4.69, 9.17) is 11.6 Å². The Morgan fingerprint density at radius 3 is 2.46 bits per heavy atom. The normalized spacial score (nSPS) is 18.3. The Morgan fingerprint density at radius 1 is 1.38 bits per heavy atom. The van der Waals surface area contributed by atoms with Crippen LogP contribution in [0.3, 0.4) is 0 Å². The molecule has 1 saturated heterocycles. The zero-order valence-electron chi connectivity index (χ0n) is 13.4. The lowest BCUT2D eigenvalue weighted by Crippen LogP contribution is -2.57. The molecule has 1 aromatic rings. The highest BCUT2D eigenvalue weighted by atomic mass is 35.5. The molecule has 2 rings (SSSR count). The van der Waals surface area contributed by atoms with Crippen LogP contribution in [0.2, 0.25) is 5.02 Å². The SMILES string of the molecule is CC(NC(=O)C1(S(C)(=O)=O)CCNCC1)c1c(F)cccc1Cl.Cl. The first-order valence-corrected chi connectivity index (χ1v) is 9.61. The summed E-state index contributed by atoms with van der Waals surface area (Å²) in [6, 6.07) is 3.52. The predicted octanol–water partition coefficient (Wildman–Crippen LogP) is 2.24. The van der Waals surface area contributed by atoms with Gasteiger partial charge >= 0.3 is 0 Å². The number of hydrogen-bond donors (Lipinski definition) is 2. The van der Waals surface area contributed by atoms with E-state index in [0.717, 1.165) is 6.26 Å². The van der Waals surface area contributed by atoms with Crippen molar-refractivity contribution < 1.29 is 17.6 Å². The van der Waals surface area contributed by atoms with E-state index in [-0.39, 0.29) is 35.8 Å². The van der Waals surface area contributed by atoms with Gasteiger partial charge in [0.05, 0.1) is 6.04 Å². The molecular formula is C15H21Cl2FN2O3S. The quantitative estimate of drug-likeness (QED) is 0.815. The number of carbonyl (C=O) groups excluding carboxylic acids is 1. The fourth-order valence-electron chi connectivity index (χ4n) is 2.92. The molecule has 1 aliphatic rings. The minimum Gasteiger partial charge on any atom is -0.348 e. The molecule has 1 aliphatic heterocycles. The van der Waals surface area contributed by atoms with Crippen molar-refractivity contribution >= 4 is 39.8 Å². The third kappa shape index (κ3) is 4.02. The van der Waals surface area contributed by atoms with Gasteiger partial charge in [0.25, 0.3) is 0 Å². The van der Waals surface area contributed by atoms with Crippen molar-refractivity contribution in [2.24, 2.45) is 0 Å². The van der Waals surface area contributed by atoms with Gasteiger partial charge in [-0.05, 0) is 45.0 Å². The van der Waals surface area contributed by atoms with Crippen LogP contribution < -0.4 is 10.6 Å². The van der Waals surface area contributed by atoms with Crippen molar-refractivity contribution in [1.29, 1.82) is 0 Å². The Hall–Kier alpha value is -0.890. The van der Waals surface area contributed by atoms with E-state index in [0.29, 0.717) is 13.1 Å². The van der Waals surface area contributed by atoms with Crippen molar-refractivity contribution in [3.8, 4) is 0 Å². The van der Waals surface area contributed by atoms with Crippen LogP contribution in [0.1, 0.15) is 31.4 Å². The average Bonchev–Trinajstić information content (AvgIpc) is 2.46. The van der Waals surface area contributed by atoms with Gasteiger partial charge in [-0.15, -0.1) is 12.4 Å². The fraction of sp³-hybridized carbons (Fsp3) is 0.533. The lowest BCUT2D eigenvalue weighted by atomic mass is 9.95. The molecule has 0 radical (unpaired) electrons. The van der Waals surface area contributed by atoms with E-state index < -0.39 is 32.4 Å². The summed E-state index contributed by atoms with van der Waals surface area (Å²) in [6.07, 6.45) is 1.45. The third-order valence-corrected chi connectivity index (χ3v) is 6.66. The van der Waals surface area contributed by atoms with Crippen LogP contribution in [0.5, 0.6) is 0 Å². The molecule has 0 saturated carbocycles. The molecule has 24 heavy (non-hydrogen) atoms. The van der Waals surface area contributed by atoms with E-state index in [9.17, 15) is 17.6 Å². The fourth-order valence-corrected chi connectivity index (χ4v) is 4.59. The van der Waals surface area contributed by atoms with Gasteiger partial charge in [-0.2, -0.15) is 0 Å². The minimum atomic E-state index is -3.61. The number of piperidine rings is 1. The van der Waals surface area contributed by atoms with Gasteiger partial charge in [0.15, 0.2) is 14.6 Å². The molecule has 0 aromatic heterocycles. The average molecular weight is 399 g/mol. The van der Waals surface area contributed by atoms with Crippen LogP contribution in [0, 0.1) is 5.82 Å². The Kier molecular flexibility index (Phi) is 7.04. The zero-order valence-corrected chi connectivity index (χ0v) is 15.8. The van der Waals surface area contributed by atoms with Crippen LogP contribution in [-0.2, 0) is 14.6 Å². The number of halogens is 3. The minimum absolute atomic E-state index is 0. The van der Waals surface area contributed by atoms with Crippen LogP contribution in [0.15, 0.2) is 18.2 Å². The number of carbonyl (C=O) groups is 1. The van der Waals surface area contributed by atoms with Crippen LogP contribution in [0.25, 0.3) is 0 Å². The first-order chi connectivity index (χ1) is 10.7. The van der Waals surface area contributed by atoms with Gasteiger partial charge in [0.2, 0.25) is 5.91 Å². The number of sulfone groups is 1. The van der Waals surface area contributed by atoms with Gasteiger partial charge in [-0.3, -0.25) is 4.79 Å². The molecule has 5 nitrogen and oxygen atoms in total. The first-order valence-electron chi connectivity index (χ1n) is 7.34. The summed E-state index contributed by atoms with van der Waals surface area (Å²) >= 11 is 6.00. The maximum absolute atomic E-state index is 14.0. The maximum atomic E-state index is 14.0. The van der Waals surface area contributed by atoms with Crippen molar-refractivity contribution in [1.82, 2.24) is 10.6 Å². The van der Waals surface area contributed by atoms with Gasteiger partial charge < -0.3 is 10.6 Å². The van der Waals surface area contributed by atoms with Crippen molar-refractivity contribution in [2.45, 2.75) is 30.6 Å². The smallest absolute Gasteiger partial charge is 0.242 e. The van der Waals surface area contributed by atoms with E-state index >= 15 is 0 Å². The van der Waals surface area contributed by atoms with Gasteiger partial charge in [0.1, 0.15) is 5.82 Å². The molecule has 0 spiro atoms. The Morgan fingerprint density at radius 2 is 1.96 bits per heavy atom. The van der Waals surface area contributed by atoms with Gasteiger partial charge in [-0.1, -0.05) is 17.7 Å². The summed E-state index contributed by atoms with van der Waals surface area (Å²) in [5.74, 6) is -1.14. The van der Waals surface area contributed by atoms with E-state index in [2.05, 4.69) is 10.6 Å². The predicted molar refractivity (Wildman–Crippen MR) is 94.9 cm³/mol. The second kappa shape index (κ2) is 7.99. The molecule has 0 bridgehead atoms. The summed E-state index contributed by atoms with van der Waals surface area (Å²) in [5.41, 5.74) is 0.153. The second-order valence-electron chi connectivity index (χ2n) is 5.85. The largest absolute Gasteiger partial charge is 0.348 e. The standard InChI is InChI=1S/C15H20ClFN2O3S.ClH/c1-10(13-11(16)4-3-5-12(13)17)19-14(20)15(23(2,21)22)6-8-18-9-7-15;/h3-5,10,18H,6-9H2,1-2H3,(H,19,20);1H. The molecule has 1 aromatic carbocycles. The number of nitrogens with one attached hydrogen (secondary N) is 2. The van der Waals surface area contributed by atoms with Gasteiger partial charge in [-0.25, -0.2) is 12.8 Å². The number of rotatable bonds is 4. The Labute approximate surface area is 152 Å². The molecule has 136 valence electrons. The lowest BCUT2D eigenvalue weighted by Gasteiger charge is -2.35. The topological polar surface area (TPSA) is 75.3 Å². The molecule has 1 heterocycles. The number of benzene rings is 1. The molecule has 1 fully saturated rings. The third-order valence-electron chi connectivity index (χ3n) is 4.32. The lowest BCUT2D eigenvalue weighted by molar-refractivity contribution is -0.125. The van der Waals surface area contributed by atoms with Crippen molar-refractivity contribution in [3.63, 3.8) is 0 Å². The summed E-state index contributed by atoms with van der Waals surface area (Å²) < 4.78 is 36.9. The Balaban J connectivity index is 0.00000288. The van der Waals surface area contributed by atoms with Crippen LogP contribution in [0.4, 0.5) is 4.39 Å². The van der Waals surface area contributed by atoms with Crippen molar-refractivity contribution in [3.05, 3.63) is 34.6 Å². The molecule has 1 unspecified atom stereocenters. The Bertz CT molecular complexity index is 686. The highest BCUT2D eigenvalue weighted by Gasteiger charge is 2.49. The highest BCUT2D eigenvalue weighted by Crippen LogP contribution is 2.31. The number of hydrogen-bond acceptors (Lipinski definition) is 4. The maximum Gasteiger partial charge on any atom is 0.242 e. The summed E-state index contributed by atoms with van der Waals surface area (Å²) in [7, 11) is -3.61. The molecule has 0 aliphatic carbocycles. The number of amides is 1. The van der Waals surface area contributed by atoms with Crippen LogP contribution in [-0.4, -0.2) is 38.4 Å². The molecule has 1 amide bonds. The van der Waals surface area contributed by atoms with Crippen LogP contribution >= 0.6 is 24.0 Å². The van der Waals surface area contributed by atoms with E-state index in [1.54, 1.807) is 6.92 Å². The van der Waals surface area contributed by atoms with E-state index in [1.165, 1.54) is 18.2 Å². The molecule has 9 heteroatoms. The van der Waals surface area contributed by atoms with Crippen molar-refractivity contribution in [2.75, 3.05) is 19.3 Å². The van der Waals surface area contributed by atoms with Gasteiger partial charge in [0, 0.05) is 16.8 Å². The zero-order chi connectivity index (χ0) is 17.3.